The lowest BCUT2D eigenvalue weighted by Gasteiger charge is -2.13. The lowest BCUT2D eigenvalue weighted by Crippen LogP contribution is -2.14. The van der Waals surface area contributed by atoms with Crippen molar-refractivity contribution in [3.63, 3.8) is 0 Å². The molecule has 0 saturated heterocycles. The lowest BCUT2D eigenvalue weighted by atomic mass is 9.97. The number of anilines is 2. The molecule has 8 heteroatoms. The number of nitro groups is 1. The summed E-state index contributed by atoms with van der Waals surface area (Å²) in [6.45, 7) is 0.605. The average Bonchev–Trinajstić information content (AvgIpc) is 2.47. The van der Waals surface area contributed by atoms with Gasteiger partial charge in [-0.3, -0.25) is 10.1 Å². The fourth-order valence-electron chi connectivity index (χ4n) is 2.26. The van der Waals surface area contributed by atoms with E-state index in [-0.39, 0.29) is 17.3 Å². The highest BCUT2D eigenvalue weighted by Gasteiger charge is 2.22. The van der Waals surface area contributed by atoms with Crippen LogP contribution in [0.2, 0.25) is 0 Å². The number of nitrogens with two attached hydrogens (primary N) is 1. The zero-order valence-electron chi connectivity index (χ0n) is 11.1. The first kappa shape index (κ1) is 14.2. The molecule has 0 atom stereocenters. The van der Waals surface area contributed by atoms with E-state index >= 15 is 0 Å². The average molecular weight is 278 g/mol. The molecule has 8 nitrogen and oxygen atoms in total. The van der Waals surface area contributed by atoms with Gasteiger partial charge in [0.05, 0.1) is 4.92 Å². The fourth-order valence-corrected chi connectivity index (χ4v) is 2.26. The number of hydrogen-bond acceptors (Lipinski definition) is 7. The first-order valence-electron chi connectivity index (χ1n) is 6.60. The number of hydrazine groups is 1. The summed E-state index contributed by atoms with van der Waals surface area (Å²) in [6.07, 6.45) is 9.08. The summed E-state index contributed by atoms with van der Waals surface area (Å²) < 4.78 is 0. The van der Waals surface area contributed by atoms with E-state index in [1.165, 1.54) is 24.7 Å². The highest BCUT2D eigenvalue weighted by Crippen LogP contribution is 2.28. The molecule has 1 aliphatic carbocycles. The third-order valence-corrected chi connectivity index (χ3v) is 3.27. The Morgan fingerprint density at radius 3 is 2.80 bits per heavy atom. The van der Waals surface area contributed by atoms with Crippen LogP contribution in [-0.2, 0) is 0 Å². The van der Waals surface area contributed by atoms with Crippen molar-refractivity contribution in [1.29, 1.82) is 0 Å². The first-order chi connectivity index (χ1) is 9.72. The Balaban J connectivity index is 2.01. The van der Waals surface area contributed by atoms with Crippen molar-refractivity contribution in [2.24, 2.45) is 5.84 Å². The minimum absolute atomic E-state index is 0.00406. The molecule has 108 valence electrons. The molecular formula is C12H18N6O2. The largest absolute Gasteiger partial charge is 0.364 e. The number of nitrogens with zero attached hydrogens (tertiary/aromatic N) is 3. The van der Waals surface area contributed by atoms with E-state index in [1.54, 1.807) is 0 Å². The van der Waals surface area contributed by atoms with Gasteiger partial charge in [-0.1, -0.05) is 11.6 Å². The molecule has 0 amide bonds. The fraction of sp³-hybridized carbons (Fsp3) is 0.500. The maximum Gasteiger partial charge on any atom is 0.354 e. The van der Waals surface area contributed by atoms with Crippen LogP contribution in [0.5, 0.6) is 0 Å². The molecule has 20 heavy (non-hydrogen) atoms. The van der Waals surface area contributed by atoms with Crippen molar-refractivity contribution in [3.05, 3.63) is 28.1 Å². The van der Waals surface area contributed by atoms with Crippen LogP contribution < -0.4 is 16.6 Å². The number of aromatic nitrogens is 2. The van der Waals surface area contributed by atoms with Crippen molar-refractivity contribution in [2.45, 2.75) is 32.1 Å². The standard InChI is InChI=1S/C12H18N6O2/c13-17-12-10(18(19)20)11(15-8-16-12)14-7-6-9-4-2-1-3-5-9/h4,8H,1-3,5-7,13H2,(H2,14,15,16,17). The quantitative estimate of drug-likeness (QED) is 0.315. The number of nitrogen functional groups attached to an aromatic ring is 1. The Hall–Kier alpha value is -2.22. The van der Waals surface area contributed by atoms with Crippen LogP contribution in [0.1, 0.15) is 32.1 Å². The Morgan fingerprint density at radius 2 is 2.15 bits per heavy atom. The van der Waals surface area contributed by atoms with Crippen LogP contribution >= 0.6 is 0 Å². The number of nitrogens with one attached hydrogen (secondary N) is 2. The minimum Gasteiger partial charge on any atom is -0.364 e. The zero-order chi connectivity index (χ0) is 14.4. The molecule has 0 aromatic carbocycles. The monoisotopic (exact) mass is 278 g/mol. The van der Waals surface area contributed by atoms with Crippen molar-refractivity contribution < 1.29 is 4.92 Å². The number of allylic oxidation sites excluding steroid dienone is 1. The number of hydrogen-bond donors (Lipinski definition) is 3. The molecule has 2 rings (SSSR count). The summed E-state index contributed by atoms with van der Waals surface area (Å²) >= 11 is 0. The number of rotatable bonds is 6. The molecule has 0 spiro atoms. The van der Waals surface area contributed by atoms with Gasteiger partial charge in [0.25, 0.3) is 0 Å². The van der Waals surface area contributed by atoms with E-state index < -0.39 is 4.92 Å². The topological polar surface area (TPSA) is 119 Å². The maximum atomic E-state index is 11.0. The van der Waals surface area contributed by atoms with Crippen LogP contribution in [0, 0.1) is 10.1 Å². The van der Waals surface area contributed by atoms with E-state index in [4.69, 9.17) is 5.84 Å². The Labute approximate surface area is 116 Å². The van der Waals surface area contributed by atoms with Gasteiger partial charge in [0.1, 0.15) is 6.33 Å². The van der Waals surface area contributed by atoms with Gasteiger partial charge in [-0.2, -0.15) is 0 Å². The molecule has 0 radical (unpaired) electrons. The molecule has 0 aliphatic heterocycles. The highest BCUT2D eigenvalue weighted by atomic mass is 16.6. The first-order valence-corrected chi connectivity index (χ1v) is 6.60. The second-order valence-electron chi connectivity index (χ2n) is 4.61. The molecule has 1 aromatic heterocycles. The molecule has 1 aromatic rings. The van der Waals surface area contributed by atoms with E-state index in [2.05, 4.69) is 26.8 Å². The third kappa shape index (κ3) is 3.41. The molecule has 0 bridgehead atoms. The van der Waals surface area contributed by atoms with Crippen molar-refractivity contribution >= 4 is 17.3 Å². The summed E-state index contributed by atoms with van der Waals surface area (Å²) in [5.74, 6) is 5.41. The van der Waals surface area contributed by atoms with Gasteiger partial charge in [0, 0.05) is 6.54 Å². The van der Waals surface area contributed by atoms with Gasteiger partial charge < -0.3 is 10.7 Å². The smallest absolute Gasteiger partial charge is 0.354 e. The maximum absolute atomic E-state index is 11.0. The van der Waals surface area contributed by atoms with Crippen LogP contribution in [0.25, 0.3) is 0 Å². The molecule has 1 aliphatic rings. The molecular weight excluding hydrogens is 260 g/mol. The molecule has 4 N–H and O–H groups in total. The van der Waals surface area contributed by atoms with Crippen LogP contribution in [0.3, 0.4) is 0 Å². The van der Waals surface area contributed by atoms with E-state index in [0.29, 0.717) is 6.54 Å². The summed E-state index contributed by atoms with van der Waals surface area (Å²) in [4.78, 5) is 18.1. The summed E-state index contributed by atoms with van der Waals surface area (Å²) in [5, 5.41) is 14.0. The second-order valence-corrected chi connectivity index (χ2v) is 4.61. The predicted octanol–water partition coefficient (Wildman–Crippen LogP) is 1.97. The van der Waals surface area contributed by atoms with Gasteiger partial charge in [0.2, 0.25) is 11.6 Å². The molecule has 0 fully saturated rings. The predicted molar refractivity (Wildman–Crippen MR) is 76.2 cm³/mol. The van der Waals surface area contributed by atoms with Gasteiger partial charge in [0.15, 0.2) is 0 Å². The summed E-state index contributed by atoms with van der Waals surface area (Å²) in [6, 6.07) is 0. The SMILES string of the molecule is NNc1ncnc(NCCC2=CCCCC2)c1[N+](=O)[O-]. The molecule has 0 unspecified atom stereocenters. The van der Waals surface area contributed by atoms with Gasteiger partial charge >= 0.3 is 5.69 Å². The Kier molecular flexibility index (Phi) is 4.83. The van der Waals surface area contributed by atoms with Crippen LogP contribution in [0.4, 0.5) is 17.3 Å². The molecule has 0 saturated carbocycles. The Morgan fingerprint density at radius 1 is 1.35 bits per heavy atom. The second kappa shape index (κ2) is 6.80. The van der Waals surface area contributed by atoms with Crippen molar-refractivity contribution in [1.82, 2.24) is 9.97 Å². The zero-order valence-corrected chi connectivity index (χ0v) is 11.1. The lowest BCUT2D eigenvalue weighted by molar-refractivity contribution is -0.383. The minimum atomic E-state index is -0.544. The van der Waals surface area contributed by atoms with Gasteiger partial charge in [-0.05, 0) is 32.1 Å². The summed E-state index contributed by atoms with van der Waals surface area (Å²) in [7, 11) is 0. The molecule has 1 heterocycles. The van der Waals surface area contributed by atoms with E-state index in [0.717, 1.165) is 19.3 Å². The third-order valence-electron chi connectivity index (χ3n) is 3.27. The van der Waals surface area contributed by atoms with Crippen LogP contribution in [-0.4, -0.2) is 21.4 Å². The Bertz CT molecular complexity index is 517. The highest BCUT2D eigenvalue weighted by molar-refractivity contribution is 5.68. The van der Waals surface area contributed by atoms with E-state index in [1.807, 2.05) is 0 Å². The van der Waals surface area contributed by atoms with Crippen molar-refractivity contribution in [3.8, 4) is 0 Å². The van der Waals surface area contributed by atoms with Crippen molar-refractivity contribution in [2.75, 3.05) is 17.3 Å². The normalized spacial score (nSPS) is 14.6. The van der Waals surface area contributed by atoms with Crippen LogP contribution in [0.15, 0.2) is 18.0 Å². The van der Waals surface area contributed by atoms with Gasteiger partial charge in [-0.15, -0.1) is 0 Å². The van der Waals surface area contributed by atoms with E-state index in [9.17, 15) is 10.1 Å². The summed E-state index contributed by atoms with van der Waals surface area (Å²) in [5.41, 5.74) is 3.38. The van der Waals surface area contributed by atoms with Gasteiger partial charge in [-0.25, -0.2) is 15.8 Å².